The number of phenolic OH excluding ortho intramolecular Hbond substituents is 1. The first-order valence-corrected chi connectivity index (χ1v) is 20.0. The number of carbonyl (C=O) groups is 3. The van der Waals surface area contributed by atoms with Crippen LogP contribution in [0.3, 0.4) is 0 Å². The molecule has 4 heterocycles. The van der Waals surface area contributed by atoms with Gasteiger partial charge in [0.1, 0.15) is 24.2 Å². The normalized spacial score (nSPS) is 16.2. The Morgan fingerprint density at radius 3 is 2.40 bits per heavy atom. The number of urea groups is 1. The van der Waals surface area contributed by atoms with E-state index >= 15 is 0 Å². The van der Waals surface area contributed by atoms with Crippen LogP contribution in [0.4, 0.5) is 10.6 Å². The van der Waals surface area contributed by atoms with Gasteiger partial charge in [0, 0.05) is 51.7 Å². The van der Waals surface area contributed by atoms with Crippen LogP contribution in [0.1, 0.15) is 43.7 Å². The van der Waals surface area contributed by atoms with E-state index < -0.39 is 24.0 Å². The minimum Gasteiger partial charge on any atom is -0.506 e. The van der Waals surface area contributed by atoms with Crippen molar-refractivity contribution in [1.82, 2.24) is 40.0 Å². The first-order chi connectivity index (χ1) is 26.6. The van der Waals surface area contributed by atoms with E-state index in [4.69, 9.17) is 10.5 Å². The summed E-state index contributed by atoms with van der Waals surface area (Å²) < 4.78 is 8.03. The van der Waals surface area contributed by atoms with E-state index in [0.29, 0.717) is 104 Å². The molecule has 55 heavy (non-hydrogen) atoms. The summed E-state index contributed by atoms with van der Waals surface area (Å²) in [6, 6.07) is 8.48. The summed E-state index contributed by atoms with van der Waals surface area (Å²) in [4.78, 5) is 71.7. The average molecular weight is 887 g/mol. The molecule has 2 aliphatic heterocycles. The number of amides is 4. The number of fused-ring (bicyclic) bond motifs is 1. The molecule has 18 heteroatoms. The molecule has 2 fully saturated rings. The summed E-state index contributed by atoms with van der Waals surface area (Å²) in [5.74, 6) is 0.484. The second-order valence-electron chi connectivity index (χ2n) is 13.7. The molecular weight excluding hydrogens is 840 g/mol. The van der Waals surface area contributed by atoms with Crippen molar-refractivity contribution in [3.8, 4) is 11.5 Å². The number of aromatic nitrogens is 4. The van der Waals surface area contributed by atoms with Gasteiger partial charge in [0.2, 0.25) is 11.8 Å². The van der Waals surface area contributed by atoms with Gasteiger partial charge < -0.3 is 45.9 Å². The first kappa shape index (κ1) is 40.0. The van der Waals surface area contributed by atoms with E-state index in [2.05, 4.69) is 57.4 Å². The molecule has 0 spiro atoms. The number of likely N-dealkylation sites (tertiary alicyclic amines) is 1. The maximum absolute atomic E-state index is 14.2. The van der Waals surface area contributed by atoms with Crippen LogP contribution in [0, 0.1) is 0 Å². The lowest BCUT2D eigenvalue weighted by atomic mass is 10.0. The Bertz CT molecular complexity index is 2020. The number of anilines is 1. The summed E-state index contributed by atoms with van der Waals surface area (Å²) in [5, 5.41) is 16.2. The topological polar surface area (TPSA) is 204 Å². The molecule has 2 aromatic carbocycles. The molecule has 16 nitrogen and oxygen atoms in total. The molecular formula is C37H46Br2N10O6. The first-order valence-electron chi connectivity index (χ1n) is 18.4. The zero-order valence-electron chi connectivity index (χ0n) is 30.5. The average Bonchev–Trinajstić information content (AvgIpc) is 3.54. The molecule has 6 rings (SSSR count). The zero-order chi connectivity index (χ0) is 39.1. The number of imidazole rings is 1. The third-order valence-corrected chi connectivity index (χ3v) is 11.4. The number of hydrogen-bond acceptors (Lipinski definition) is 10. The third kappa shape index (κ3) is 9.41. The molecule has 294 valence electrons. The fourth-order valence-electron chi connectivity index (χ4n) is 7.26. The van der Waals surface area contributed by atoms with Crippen LogP contribution < -0.4 is 31.7 Å². The smallest absolute Gasteiger partial charge is 0.326 e. The number of halogens is 2. The third-order valence-electron chi connectivity index (χ3n) is 10.2. The number of benzene rings is 2. The number of piperazine rings is 1. The fourth-order valence-corrected chi connectivity index (χ4v) is 8.54. The summed E-state index contributed by atoms with van der Waals surface area (Å²) in [5.41, 5.74) is 7.85. The van der Waals surface area contributed by atoms with Gasteiger partial charge in [-0.15, -0.1) is 0 Å². The minimum absolute atomic E-state index is 0.00906. The van der Waals surface area contributed by atoms with E-state index in [1.54, 1.807) is 39.8 Å². The Hall–Kier alpha value is -4.68. The number of H-pyrrole nitrogens is 1. The molecule has 2 aliphatic rings. The largest absolute Gasteiger partial charge is 0.506 e. The van der Waals surface area contributed by atoms with Crippen molar-refractivity contribution in [2.45, 2.75) is 56.7 Å². The highest BCUT2D eigenvalue weighted by Gasteiger charge is 2.34. The fraction of sp³-hybridized carbons (Fsp3) is 0.459. The van der Waals surface area contributed by atoms with Crippen molar-refractivity contribution in [3.63, 3.8) is 0 Å². The van der Waals surface area contributed by atoms with Gasteiger partial charge in [0.15, 0.2) is 11.6 Å². The number of rotatable bonds is 13. The lowest BCUT2D eigenvalue weighted by Gasteiger charge is -2.37. The lowest BCUT2D eigenvalue weighted by molar-refractivity contribution is -0.137. The van der Waals surface area contributed by atoms with Crippen molar-refractivity contribution < 1.29 is 24.2 Å². The number of carbonyl (C=O) groups excluding carboxylic acids is 3. The molecule has 0 unspecified atom stereocenters. The number of aromatic hydroxyl groups is 1. The van der Waals surface area contributed by atoms with Crippen LogP contribution in [0.15, 0.2) is 62.7 Å². The molecule has 0 bridgehead atoms. The maximum atomic E-state index is 14.2. The van der Waals surface area contributed by atoms with Crippen molar-refractivity contribution in [2.75, 3.05) is 57.8 Å². The Morgan fingerprint density at radius 1 is 1.00 bits per heavy atom. The highest BCUT2D eigenvalue weighted by atomic mass is 79.9. The van der Waals surface area contributed by atoms with E-state index in [1.807, 2.05) is 29.2 Å². The number of phenols is 1. The number of unbranched alkanes of at least 4 members (excludes halogenated alkanes) is 1. The van der Waals surface area contributed by atoms with Crippen LogP contribution in [-0.4, -0.2) is 117 Å². The number of nitrogens with zero attached hydrogens (tertiary/aromatic N) is 6. The Balaban J connectivity index is 1.15. The van der Waals surface area contributed by atoms with Gasteiger partial charge in [-0.1, -0.05) is 12.1 Å². The van der Waals surface area contributed by atoms with Crippen LogP contribution in [0.5, 0.6) is 11.5 Å². The van der Waals surface area contributed by atoms with Crippen molar-refractivity contribution in [2.24, 2.45) is 5.73 Å². The Labute approximate surface area is 335 Å². The molecule has 6 N–H and O–H groups in total. The number of para-hydroxylation sites is 2. The Morgan fingerprint density at radius 2 is 1.71 bits per heavy atom. The summed E-state index contributed by atoms with van der Waals surface area (Å²) in [7, 11) is 1.56. The summed E-state index contributed by atoms with van der Waals surface area (Å²) in [6.07, 6.45) is 5.92. The van der Waals surface area contributed by atoms with E-state index in [9.17, 15) is 24.3 Å². The molecule has 2 aromatic heterocycles. The van der Waals surface area contributed by atoms with Crippen LogP contribution in [0.25, 0.3) is 11.0 Å². The zero-order valence-corrected chi connectivity index (χ0v) is 33.7. The molecule has 0 radical (unpaired) electrons. The van der Waals surface area contributed by atoms with Gasteiger partial charge in [-0.05, 0) is 100 Å². The predicted molar refractivity (Wildman–Crippen MR) is 214 cm³/mol. The number of piperidine rings is 1. The number of nitrogens with one attached hydrogen (secondary N) is 3. The van der Waals surface area contributed by atoms with Gasteiger partial charge in [0.05, 0.1) is 33.3 Å². The van der Waals surface area contributed by atoms with Gasteiger partial charge in [0.25, 0.3) is 0 Å². The molecule has 4 amide bonds. The van der Waals surface area contributed by atoms with Crippen LogP contribution in [0.2, 0.25) is 0 Å². The molecule has 2 atom stereocenters. The van der Waals surface area contributed by atoms with Gasteiger partial charge >= 0.3 is 11.7 Å². The molecule has 0 saturated carbocycles. The monoisotopic (exact) mass is 884 g/mol. The van der Waals surface area contributed by atoms with Crippen molar-refractivity contribution in [3.05, 3.63) is 73.9 Å². The molecule has 4 aromatic rings. The Kier molecular flexibility index (Phi) is 13.3. The highest BCUT2D eigenvalue weighted by molar-refractivity contribution is 9.11. The molecule has 0 aliphatic carbocycles. The van der Waals surface area contributed by atoms with Crippen molar-refractivity contribution >= 4 is 66.6 Å². The second kappa shape index (κ2) is 18.3. The quantitative estimate of drug-likeness (QED) is 0.124. The number of ether oxygens (including phenoxy) is 1. The van der Waals surface area contributed by atoms with Crippen LogP contribution >= 0.6 is 31.9 Å². The predicted octanol–water partition coefficient (Wildman–Crippen LogP) is 3.28. The molecule has 2 saturated heterocycles. The number of nitrogens with two attached hydrogens (primary N) is 1. The van der Waals surface area contributed by atoms with E-state index in [1.165, 1.54) is 6.33 Å². The summed E-state index contributed by atoms with van der Waals surface area (Å²) in [6.45, 7) is 3.04. The van der Waals surface area contributed by atoms with Crippen LogP contribution in [-0.2, 0) is 16.0 Å². The highest BCUT2D eigenvalue weighted by Crippen LogP contribution is 2.34. The lowest BCUT2D eigenvalue weighted by Crippen LogP contribution is -2.59. The van der Waals surface area contributed by atoms with Gasteiger partial charge in [-0.2, -0.15) is 0 Å². The summed E-state index contributed by atoms with van der Waals surface area (Å²) >= 11 is 6.73. The van der Waals surface area contributed by atoms with Gasteiger partial charge in [-0.3, -0.25) is 14.2 Å². The van der Waals surface area contributed by atoms with Crippen molar-refractivity contribution in [1.29, 1.82) is 0 Å². The minimum atomic E-state index is -1.06. The van der Waals surface area contributed by atoms with E-state index in [0.717, 1.165) is 11.0 Å². The van der Waals surface area contributed by atoms with E-state index in [-0.39, 0.29) is 29.8 Å². The number of aromatic amines is 1. The number of methoxy groups -OCH3 is 1. The maximum Gasteiger partial charge on any atom is 0.326 e. The van der Waals surface area contributed by atoms with Gasteiger partial charge in [-0.25, -0.2) is 19.6 Å². The SMILES string of the molecule is COc1cncnc1N1CCN(C(=O)[C@H](CCCCN)NC(=O)[C@@H](Cc2cc(Br)c(O)c(Br)c2)NC(=O)N2CCC(n3c(=O)[nH]c4ccccc43)CC2)CC1. The standard InChI is InChI=1S/C37H46Br2N10O6/c1-55-31-21-41-22-42-33(31)46-14-16-47(17-15-46)35(52)28(7-4-5-11-40)43-34(51)29(20-23-18-25(38)32(50)26(39)19-23)45-36(53)48-12-9-24(10-13-48)49-30-8-3-2-6-27(30)44-37(49)54/h2-3,6,8,18-19,21-22,24,28-29,50H,4-5,7,9-17,20,40H2,1H3,(H,43,51)(H,44,54)(H,45,53)/t28-,29+/m0/s1. The number of hydrogen-bond donors (Lipinski definition) is 5. The second-order valence-corrected chi connectivity index (χ2v) is 15.4.